The molecule has 0 radical (unpaired) electrons. The quantitative estimate of drug-likeness (QED) is 0.472. The molecule has 1 aliphatic heterocycles. The highest BCUT2D eigenvalue weighted by Gasteiger charge is 2.18. The highest BCUT2D eigenvalue weighted by molar-refractivity contribution is 6.65. The van der Waals surface area contributed by atoms with Crippen LogP contribution in [0.1, 0.15) is 17.3 Å². The van der Waals surface area contributed by atoms with E-state index in [1.54, 1.807) is 24.0 Å². The molecule has 1 aliphatic rings. The van der Waals surface area contributed by atoms with Crippen LogP contribution in [-0.2, 0) is 4.74 Å². The Morgan fingerprint density at radius 2 is 2.13 bits per heavy atom. The Bertz CT molecular complexity index is 604. The molecule has 4 N–H and O–H groups in total. The van der Waals surface area contributed by atoms with E-state index < -0.39 is 6.04 Å². The van der Waals surface area contributed by atoms with Crippen molar-refractivity contribution in [3.05, 3.63) is 23.9 Å². The van der Waals surface area contributed by atoms with Crippen LogP contribution in [0.3, 0.4) is 0 Å². The second-order valence-corrected chi connectivity index (χ2v) is 5.39. The lowest BCUT2D eigenvalue weighted by molar-refractivity contribution is 0.0302. The first-order chi connectivity index (χ1) is 11.0. The number of amides is 1. The van der Waals surface area contributed by atoms with Gasteiger partial charge in [0.1, 0.15) is 0 Å². The van der Waals surface area contributed by atoms with Gasteiger partial charge in [0.2, 0.25) is 0 Å². The summed E-state index contributed by atoms with van der Waals surface area (Å²) in [7, 11) is 0. The van der Waals surface area contributed by atoms with E-state index >= 15 is 0 Å². The number of amidine groups is 2. The van der Waals surface area contributed by atoms with Crippen LogP contribution >= 0.6 is 11.6 Å². The standard InChI is InChI=1S/C14H19ClN6O2/c1-9(16)12(20-14(15)17)19-11-3-2-10(8-18-11)13(22)21-4-6-23-7-5-21/h2-3,8-9H,4-7,16H2,1H3,(H2,17,18,19,20). The number of hydrogen-bond donors (Lipinski definition) is 2. The summed E-state index contributed by atoms with van der Waals surface area (Å²) in [5.74, 6) is 0.557. The molecule has 1 aromatic rings. The van der Waals surface area contributed by atoms with Crippen molar-refractivity contribution in [1.29, 1.82) is 0 Å². The molecule has 0 saturated carbocycles. The highest BCUT2D eigenvalue weighted by atomic mass is 35.5. The van der Waals surface area contributed by atoms with Gasteiger partial charge in [-0.15, -0.1) is 0 Å². The SMILES string of the molecule is CC(N)C(N=C(N)Cl)=Nc1ccc(C(=O)N2CCOCC2)cn1. The summed E-state index contributed by atoms with van der Waals surface area (Å²) in [6.45, 7) is 3.97. The van der Waals surface area contributed by atoms with Crippen molar-refractivity contribution in [2.75, 3.05) is 26.3 Å². The van der Waals surface area contributed by atoms with Crippen molar-refractivity contribution >= 4 is 34.5 Å². The summed E-state index contributed by atoms with van der Waals surface area (Å²) < 4.78 is 5.23. The first-order valence-electron chi connectivity index (χ1n) is 7.14. The number of hydrogen-bond acceptors (Lipinski definition) is 5. The van der Waals surface area contributed by atoms with Crippen LogP contribution in [0.4, 0.5) is 5.82 Å². The number of nitrogens with two attached hydrogens (primary N) is 2. The van der Waals surface area contributed by atoms with Gasteiger partial charge in [-0.1, -0.05) is 0 Å². The molecule has 2 rings (SSSR count). The topological polar surface area (TPSA) is 119 Å². The predicted octanol–water partition coefficient (Wildman–Crippen LogP) is 0.485. The Balaban J connectivity index is 2.15. The molecule has 9 heteroatoms. The minimum atomic E-state index is -0.455. The largest absolute Gasteiger partial charge is 0.378 e. The number of carbonyl (C=O) groups is 1. The molecule has 0 aromatic carbocycles. The molecule has 23 heavy (non-hydrogen) atoms. The molecule has 8 nitrogen and oxygen atoms in total. The van der Waals surface area contributed by atoms with E-state index in [-0.39, 0.29) is 17.0 Å². The van der Waals surface area contributed by atoms with Crippen LogP contribution in [-0.4, -0.2) is 59.3 Å². The van der Waals surface area contributed by atoms with Gasteiger partial charge in [0.05, 0.1) is 24.8 Å². The first kappa shape index (κ1) is 17.3. The smallest absolute Gasteiger partial charge is 0.255 e. The monoisotopic (exact) mass is 338 g/mol. The lowest BCUT2D eigenvalue weighted by Crippen LogP contribution is -2.40. The molecule has 1 amide bonds. The zero-order valence-corrected chi connectivity index (χ0v) is 13.5. The molecular formula is C14H19ClN6O2. The summed E-state index contributed by atoms with van der Waals surface area (Å²) in [5, 5.41) is -0.153. The lowest BCUT2D eigenvalue weighted by atomic mass is 10.2. The number of aliphatic imine (C=N–C) groups is 2. The van der Waals surface area contributed by atoms with Gasteiger partial charge >= 0.3 is 0 Å². The van der Waals surface area contributed by atoms with Crippen LogP contribution in [0.2, 0.25) is 0 Å². The van der Waals surface area contributed by atoms with Gasteiger partial charge in [-0.05, 0) is 30.7 Å². The summed E-state index contributed by atoms with van der Waals surface area (Å²) in [5.41, 5.74) is 11.6. The average Bonchev–Trinajstić information content (AvgIpc) is 2.54. The molecule has 1 atom stereocenters. The summed E-state index contributed by atoms with van der Waals surface area (Å²) in [6, 6.07) is 2.83. The number of aromatic nitrogens is 1. The number of pyridine rings is 1. The zero-order chi connectivity index (χ0) is 16.8. The second-order valence-electron chi connectivity index (χ2n) is 5.00. The van der Waals surface area contributed by atoms with Crippen molar-refractivity contribution in [1.82, 2.24) is 9.88 Å². The van der Waals surface area contributed by atoms with Gasteiger partial charge in [-0.3, -0.25) is 4.79 Å². The third-order valence-corrected chi connectivity index (χ3v) is 3.24. The van der Waals surface area contributed by atoms with Gasteiger partial charge in [-0.2, -0.15) is 0 Å². The van der Waals surface area contributed by atoms with Gasteiger partial charge < -0.3 is 21.1 Å². The van der Waals surface area contributed by atoms with Crippen molar-refractivity contribution < 1.29 is 9.53 Å². The molecule has 1 fully saturated rings. The number of nitrogens with zero attached hydrogens (tertiary/aromatic N) is 4. The molecule has 0 bridgehead atoms. The fraction of sp³-hybridized carbons (Fsp3) is 0.429. The van der Waals surface area contributed by atoms with E-state index in [0.717, 1.165) is 0 Å². The average molecular weight is 339 g/mol. The summed E-state index contributed by atoms with van der Waals surface area (Å²) >= 11 is 5.55. The maximum Gasteiger partial charge on any atom is 0.255 e. The molecule has 124 valence electrons. The van der Waals surface area contributed by atoms with Gasteiger partial charge in [0, 0.05) is 19.3 Å². The van der Waals surface area contributed by atoms with E-state index in [1.807, 2.05) is 0 Å². The molecular weight excluding hydrogens is 320 g/mol. The Labute approximate surface area is 139 Å². The third-order valence-electron chi connectivity index (χ3n) is 3.15. The highest BCUT2D eigenvalue weighted by Crippen LogP contribution is 2.13. The van der Waals surface area contributed by atoms with Gasteiger partial charge in [0.25, 0.3) is 5.91 Å². The zero-order valence-electron chi connectivity index (χ0n) is 12.8. The third kappa shape index (κ3) is 4.98. The summed E-state index contributed by atoms with van der Waals surface area (Å²) in [6.07, 6.45) is 1.48. The van der Waals surface area contributed by atoms with E-state index in [0.29, 0.717) is 37.7 Å². The van der Waals surface area contributed by atoms with E-state index in [9.17, 15) is 4.79 Å². The molecule has 0 aliphatic carbocycles. The number of ether oxygens (including phenoxy) is 1. The normalized spacial score (nSPS) is 18.0. The minimum absolute atomic E-state index is 0.0771. The van der Waals surface area contributed by atoms with Crippen molar-refractivity contribution in [3.63, 3.8) is 0 Å². The Morgan fingerprint density at radius 3 is 2.65 bits per heavy atom. The number of halogens is 1. The Kier molecular flexibility index (Phi) is 6.03. The van der Waals surface area contributed by atoms with Crippen molar-refractivity contribution in [3.8, 4) is 0 Å². The van der Waals surface area contributed by atoms with Gasteiger partial charge in [0.15, 0.2) is 16.9 Å². The van der Waals surface area contributed by atoms with E-state index in [1.165, 1.54) is 6.20 Å². The van der Waals surface area contributed by atoms with Crippen molar-refractivity contribution in [2.24, 2.45) is 21.5 Å². The summed E-state index contributed by atoms with van der Waals surface area (Å²) in [4.78, 5) is 26.2. The maximum atomic E-state index is 12.3. The molecule has 1 unspecified atom stereocenters. The number of rotatable bonds is 3. The molecule has 2 heterocycles. The fourth-order valence-electron chi connectivity index (χ4n) is 1.98. The Morgan fingerprint density at radius 1 is 1.43 bits per heavy atom. The van der Waals surface area contributed by atoms with Crippen molar-refractivity contribution in [2.45, 2.75) is 13.0 Å². The number of morpholine rings is 1. The van der Waals surface area contributed by atoms with Crippen LogP contribution in [0.5, 0.6) is 0 Å². The lowest BCUT2D eigenvalue weighted by Gasteiger charge is -2.26. The second kappa shape index (κ2) is 8.00. The molecule has 1 aromatic heterocycles. The van der Waals surface area contributed by atoms with Gasteiger partial charge in [-0.25, -0.2) is 15.0 Å². The minimum Gasteiger partial charge on any atom is -0.378 e. The van der Waals surface area contributed by atoms with Crippen LogP contribution in [0, 0.1) is 0 Å². The van der Waals surface area contributed by atoms with E-state index in [4.69, 9.17) is 27.8 Å². The predicted molar refractivity (Wildman–Crippen MR) is 89.2 cm³/mol. The van der Waals surface area contributed by atoms with E-state index in [2.05, 4.69) is 15.0 Å². The fourth-order valence-corrected chi connectivity index (χ4v) is 2.07. The van der Waals surface area contributed by atoms with Crippen LogP contribution in [0.25, 0.3) is 0 Å². The molecule has 1 saturated heterocycles. The Hall–Kier alpha value is -2.03. The first-order valence-corrected chi connectivity index (χ1v) is 7.52. The maximum absolute atomic E-state index is 12.3. The number of carbonyl (C=O) groups excluding carboxylic acids is 1. The molecule has 0 spiro atoms. The van der Waals surface area contributed by atoms with Crippen LogP contribution in [0.15, 0.2) is 28.3 Å². The van der Waals surface area contributed by atoms with Crippen LogP contribution < -0.4 is 11.5 Å².